The highest BCUT2D eigenvalue weighted by Gasteiger charge is 2.22. The monoisotopic (exact) mass is 171 g/mol. The van der Waals surface area contributed by atoms with Gasteiger partial charge >= 0.3 is 0 Å². The third-order valence-electron chi connectivity index (χ3n) is 2.77. The maximum absolute atomic E-state index is 5.83. The Morgan fingerprint density at radius 3 is 2.67 bits per heavy atom. The lowest BCUT2D eigenvalue weighted by Gasteiger charge is -2.30. The lowest BCUT2D eigenvalue weighted by molar-refractivity contribution is -0.0437. The van der Waals surface area contributed by atoms with E-state index >= 15 is 0 Å². The fraction of sp³-hybridized carbons (Fsp3) is 1.00. The molecular weight excluding hydrogens is 150 g/mol. The Balaban J connectivity index is 2.28. The summed E-state index contributed by atoms with van der Waals surface area (Å²) in [7, 11) is 0. The van der Waals surface area contributed by atoms with Crippen LogP contribution in [-0.2, 0) is 4.74 Å². The predicted molar refractivity (Wildman–Crippen MR) is 51.0 cm³/mol. The average Bonchev–Trinajstić information content (AvgIpc) is 2.09. The molecule has 0 amide bonds. The van der Waals surface area contributed by atoms with Gasteiger partial charge in [-0.1, -0.05) is 19.8 Å². The maximum atomic E-state index is 5.83. The van der Waals surface area contributed by atoms with Gasteiger partial charge in [0.15, 0.2) is 0 Å². The first-order valence-electron chi connectivity index (χ1n) is 5.09. The van der Waals surface area contributed by atoms with Crippen LogP contribution >= 0.6 is 0 Å². The summed E-state index contributed by atoms with van der Waals surface area (Å²) in [5, 5.41) is 0. The van der Waals surface area contributed by atoms with Crippen molar-refractivity contribution in [2.75, 3.05) is 6.54 Å². The summed E-state index contributed by atoms with van der Waals surface area (Å²) in [6.45, 7) is 4.98. The molecule has 72 valence electrons. The van der Waals surface area contributed by atoms with Crippen LogP contribution in [-0.4, -0.2) is 18.8 Å². The summed E-state index contributed by atoms with van der Waals surface area (Å²) < 4.78 is 5.83. The first-order valence-corrected chi connectivity index (χ1v) is 5.09. The molecule has 1 aliphatic rings. The molecule has 0 spiro atoms. The molecule has 0 saturated heterocycles. The maximum Gasteiger partial charge on any atom is 0.0673 e. The Morgan fingerprint density at radius 2 is 2.08 bits per heavy atom. The smallest absolute Gasteiger partial charge is 0.0673 e. The van der Waals surface area contributed by atoms with Crippen molar-refractivity contribution >= 4 is 0 Å². The van der Waals surface area contributed by atoms with Gasteiger partial charge in [0.25, 0.3) is 0 Å². The number of ether oxygens (including phenoxy) is 1. The van der Waals surface area contributed by atoms with Crippen LogP contribution in [0.15, 0.2) is 0 Å². The summed E-state index contributed by atoms with van der Waals surface area (Å²) in [5.41, 5.74) is 5.51. The van der Waals surface area contributed by atoms with Crippen molar-refractivity contribution in [3.8, 4) is 0 Å². The van der Waals surface area contributed by atoms with Gasteiger partial charge in [0.05, 0.1) is 12.2 Å². The predicted octanol–water partition coefficient (Wildman–Crippen LogP) is 1.93. The summed E-state index contributed by atoms with van der Waals surface area (Å²) in [6, 6.07) is 0. The van der Waals surface area contributed by atoms with Crippen LogP contribution in [0.5, 0.6) is 0 Å². The summed E-state index contributed by atoms with van der Waals surface area (Å²) >= 11 is 0. The van der Waals surface area contributed by atoms with Gasteiger partial charge in [-0.25, -0.2) is 0 Å². The number of hydrogen-bond donors (Lipinski definition) is 1. The molecule has 12 heavy (non-hydrogen) atoms. The first kappa shape index (κ1) is 10.0. The second kappa shape index (κ2) is 4.83. The molecule has 1 rings (SSSR count). The number of rotatable bonds is 3. The van der Waals surface area contributed by atoms with E-state index in [4.69, 9.17) is 10.5 Å². The van der Waals surface area contributed by atoms with Gasteiger partial charge in [-0.2, -0.15) is 0 Å². The van der Waals surface area contributed by atoms with Crippen LogP contribution in [0.25, 0.3) is 0 Å². The zero-order valence-electron chi connectivity index (χ0n) is 8.25. The van der Waals surface area contributed by atoms with Crippen LogP contribution < -0.4 is 5.73 Å². The van der Waals surface area contributed by atoms with Crippen LogP contribution in [0.4, 0.5) is 0 Å². The Morgan fingerprint density at radius 1 is 1.42 bits per heavy atom. The highest BCUT2D eigenvalue weighted by molar-refractivity contribution is 4.73. The molecule has 1 saturated carbocycles. The molecule has 2 nitrogen and oxygen atoms in total. The Bertz CT molecular complexity index is 127. The third-order valence-corrected chi connectivity index (χ3v) is 2.77. The molecule has 2 heteroatoms. The fourth-order valence-corrected chi connectivity index (χ4v) is 1.84. The van der Waals surface area contributed by atoms with Gasteiger partial charge < -0.3 is 10.5 Å². The molecular formula is C10H21NO. The van der Waals surface area contributed by atoms with E-state index < -0.39 is 0 Å². The minimum absolute atomic E-state index is 0.232. The second-order valence-corrected chi connectivity index (χ2v) is 3.98. The second-order valence-electron chi connectivity index (χ2n) is 3.98. The zero-order valence-corrected chi connectivity index (χ0v) is 8.25. The van der Waals surface area contributed by atoms with Crippen molar-refractivity contribution in [2.45, 2.75) is 51.7 Å². The largest absolute Gasteiger partial charge is 0.374 e. The van der Waals surface area contributed by atoms with Gasteiger partial charge in [-0.05, 0) is 25.7 Å². The van der Waals surface area contributed by atoms with Crippen LogP contribution in [0.2, 0.25) is 0 Å². The molecule has 0 aromatic rings. The summed E-state index contributed by atoms with van der Waals surface area (Å²) in [5.74, 6) is 0.729. The molecule has 1 aliphatic carbocycles. The Kier molecular flexibility index (Phi) is 4.02. The molecule has 3 unspecified atom stereocenters. The normalized spacial score (nSPS) is 33.2. The Labute approximate surface area is 75.5 Å². The highest BCUT2D eigenvalue weighted by Crippen LogP contribution is 2.26. The minimum atomic E-state index is 0.232. The highest BCUT2D eigenvalue weighted by atomic mass is 16.5. The molecule has 0 radical (unpaired) electrons. The van der Waals surface area contributed by atoms with Gasteiger partial charge in [0.2, 0.25) is 0 Å². The molecule has 0 aliphatic heterocycles. The summed E-state index contributed by atoms with van der Waals surface area (Å²) in [4.78, 5) is 0. The molecule has 0 aromatic carbocycles. The van der Waals surface area contributed by atoms with E-state index in [-0.39, 0.29) is 6.10 Å². The van der Waals surface area contributed by atoms with E-state index in [1.165, 1.54) is 25.7 Å². The van der Waals surface area contributed by atoms with Gasteiger partial charge in [-0.15, -0.1) is 0 Å². The molecule has 3 atom stereocenters. The summed E-state index contributed by atoms with van der Waals surface area (Å²) in [6.07, 6.45) is 5.95. The van der Waals surface area contributed by atoms with Crippen molar-refractivity contribution in [1.29, 1.82) is 0 Å². The van der Waals surface area contributed by atoms with Crippen LogP contribution in [0, 0.1) is 5.92 Å². The number of hydrogen-bond acceptors (Lipinski definition) is 2. The van der Waals surface area contributed by atoms with Gasteiger partial charge in [0, 0.05) is 6.54 Å². The lowest BCUT2D eigenvalue weighted by Crippen LogP contribution is -2.32. The van der Waals surface area contributed by atoms with E-state index in [2.05, 4.69) is 13.8 Å². The standard InChI is InChI=1S/C10H21NO/c1-8-5-3-4-6-10(8)12-9(2)7-11/h8-10H,3-7,11H2,1-2H3. The first-order chi connectivity index (χ1) is 5.74. The Hall–Kier alpha value is -0.0800. The lowest BCUT2D eigenvalue weighted by atomic mass is 9.88. The van der Waals surface area contributed by atoms with Crippen molar-refractivity contribution < 1.29 is 4.74 Å². The van der Waals surface area contributed by atoms with E-state index in [0.29, 0.717) is 12.6 Å². The van der Waals surface area contributed by atoms with Crippen molar-refractivity contribution in [3.63, 3.8) is 0 Å². The van der Waals surface area contributed by atoms with E-state index in [0.717, 1.165) is 5.92 Å². The molecule has 1 fully saturated rings. The molecule has 0 heterocycles. The quantitative estimate of drug-likeness (QED) is 0.704. The van der Waals surface area contributed by atoms with E-state index in [1.807, 2.05) is 0 Å². The fourth-order valence-electron chi connectivity index (χ4n) is 1.84. The van der Waals surface area contributed by atoms with Crippen LogP contribution in [0.1, 0.15) is 39.5 Å². The van der Waals surface area contributed by atoms with Crippen molar-refractivity contribution in [3.05, 3.63) is 0 Å². The zero-order chi connectivity index (χ0) is 8.97. The third kappa shape index (κ3) is 2.76. The minimum Gasteiger partial charge on any atom is -0.374 e. The van der Waals surface area contributed by atoms with Gasteiger partial charge in [-0.3, -0.25) is 0 Å². The SMILES string of the molecule is CC(CN)OC1CCCCC1C. The van der Waals surface area contributed by atoms with Crippen molar-refractivity contribution in [2.24, 2.45) is 11.7 Å². The topological polar surface area (TPSA) is 35.2 Å². The van der Waals surface area contributed by atoms with E-state index in [1.54, 1.807) is 0 Å². The number of nitrogens with two attached hydrogens (primary N) is 1. The van der Waals surface area contributed by atoms with Crippen LogP contribution in [0.3, 0.4) is 0 Å². The average molecular weight is 171 g/mol. The molecule has 0 aromatic heterocycles. The van der Waals surface area contributed by atoms with E-state index in [9.17, 15) is 0 Å². The molecule has 2 N–H and O–H groups in total. The molecule has 0 bridgehead atoms. The van der Waals surface area contributed by atoms with Gasteiger partial charge in [0.1, 0.15) is 0 Å². The van der Waals surface area contributed by atoms with Crippen molar-refractivity contribution in [1.82, 2.24) is 0 Å².